The van der Waals surface area contributed by atoms with Crippen LogP contribution in [0.2, 0.25) is 0 Å². The van der Waals surface area contributed by atoms with Crippen molar-refractivity contribution in [2.75, 3.05) is 5.32 Å². The van der Waals surface area contributed by atoms with Crippen LogP contribution < -0.4 is 5.32 Å². The summed E-state index contributed by atoms with van der Waals surface area (Å²) in [6.07, 6.45) is 6.41. The summed E-state index contributed by atoms with van der Waals surface area (Å²) >= 11 is 0. The number of rotatable bonds is 7. The first kappa shape index (κ1) is 29.2. The van der Waals surface area contributed by atoms with Gasteiger partial charge in [0.15, 0.2) is 5.78 Å². The van der Waals surface area contributed by atoms with Gasteiger partial charge in [0.1, 0.15) is 0 Å². The fourth-order valence-electron chi connectivity index (χ4n) is 4.19. The molecule has 1 heterocycles. The normalized spacial score (nSPS) is 10.3. The van der Waals surface area contributed by atoms with Gasteiger partial charge < -0.3 is 10.3 Å². The lowest BCUT2D eigenvalue weighted by Gasteiger charge is -2.05. The van der Waals surface area contributed by atoms with E-state index < -0.39 is 0 Å². The highest BCUT2D eigenvalue weighted by atomic mass is 16.1. The van der Waals surface area contributed by atoms with Crippen LogP contribution in [0.1, 0.15) is 94.4 Å². The van der Waals surface area contributed by atoms with Gasteiger partial charge in [-0.2, -0.15) is 0 Å². The fourth-order valence-corrected chi connectivity index (χ4v) is 4.19. The highest BCUT2D eigenvalue weighted by Crippen LogP contribution is 2.26. The molecule has 34 heavy (non-hydrogen) atoms. The molecule has 0 unspecified atom stereocenters. The van der Waals surface area contributed by atoms with Crippen molar-refractivity contribution in [1.29, 1.82) is 0 Å². The number of hydrogen-bond donors (Lipinski definition) is 2. The van der Waals surface area contributed by atoms with E-state index >= 15 is 0 Å². The van der Waals surface area contributed by atoms with Crippen molar-refractivity contribution >= 4 is 28.3 Å². The minimum absolute atomic E-state index is 0.0284. The SMILES string of the molecule is CC(=O)Nc1ccccc1C.CCCC(C)CCC.CCc1c(C(C)=O)[nH]c2cccc(C)c12. The van der Waals surface area contributed by atoms with Crippen molar-refractivity contribution in [3.8, 4) is 0 Å². The molecule has 0 saturated heterocycles. The maximum atomic E-state index is 11.5. The molecule has 4 heteroatoms. The summed E-state index contributed by atoms with van der Waals surface area (Å²) < 4.78 is 0. The van der Waals surface area contributed by atoms with Crippen molar-refractivity contribution in [2.45, 2.75) is 87.5 Å². The first-order valence-electron chi connectivity index (χ1n) is 12.6. The van der Waals surface area contributed by atoms with Gasteiger partial charge in [-0.3, -0.25) is 9.59 Å². The zero-order chi connectivity index (χ0) is 25.7. The molecule has 0 spiro atoms. The molecule has 0 fully saturated rings. The van der Waals surface area contributed by atoms with Gasteiger partial charge in [0.25, 0.3) is 0 Å². The Morgan fingerprint density at radius 1 is 0.882 bits per heavy atom. The Morgan fingerprint density at radius 3 is 1.97 bits per heavy atom. The number of aryl methyl sites for hydroxylation is 3. The molecule has 0 saturated carbocycles. The van der Waals surface area contributed by atoms with E-state index in [1.54, 1.807) is 6.92 Å². The van der Waals surface area contributed by atoms with Crippen LogP contribution in [0.3, 0.4) is 0 Å². The third kappa shape index (κ3) is 9.17. The number of hydrogen-bond acceptors (Lipinski definition) is 2. The number of H-pyrrole nitrogens is 1. The molecule has 1 amide bonds. The van der Waals surface area contributed by atoms with E-state index in [1.807, 2.05) is 43.3 Å². The number of aromatic nitrogens is 1. The number of nitrogens with one attached hydrogen (secondary N) is 2. The van der Waals surface area contributed by atoms with Crippen LogP contribution in [0.5, 0.6) is 0 Å². The average molecular weight is 465 g/mol. The van der Waals surface area contributed by atoms with E-state index in [9.17, 15) is 9.59 Å². The average Bonchev–Trinajstić information content (AvgIpc) is 3.17. The number of benzene rings is 2. The summed E-state index contributed by atoms with van der Waals surface area (Å²) in [6, 6.07) is 13.8. The molecule has 2 N–H and O–H groups in total. The predicted molar refractivity (Wildman–Crippen MR) is 147 cm³/mol. The quantitative estimate of drug-likeness (QED) is 0.345. The predicted octanol–water partition coefficient (Wildman–Crippen LogP) is 8.42. The van der Waals surface area contributed by atoms with Crippen molar-refractivity contribution in [3.63, 3.8) is 0 Å². The fraction of sp³-hybridized carbons (Fsp3) is 0.467. The monoisotopic (exact) mass is 464 g/mol. The zero-order valence-corrected chi connectivity index (χ0v) is 22.5. The number of carbonyl (C=O) groups is 2. The lowest BCUT2D eigenvalue weighted by Crippen LogP contribution is -2.06. The summed E-state index contributed by atoms with van der Waals surface area (Å²) in [5.41, 5.74) is 6.19. The molecule has 2 aromatic carbocycles. The number of fused-ring (bicyclic) bond motifs is 1. The van der Waals surface area contributed by atoms with E-state index in [0.29, 0.717) is 0 Å². The Morgan fingerprint density at radius 2 is 1.47 bits per heavy atom. The second-order valence-corrected chi connectivity index (χ2v) is 9.06. The maximum absolute atomic E-state index is 11.5. The molecule has 0 aliphatic carbocycles. The van der Waals surface area contributed by atoms with Gasteiger partial charge in [-0.15, -0.1) is 0 Å². The third-order valence-corrected chi connectivity index (χ3v) is 5.86. The molecule has 0 radical (unpaired) electrons. The number of para-hydroxylation sites is 1. The van der Waals surface area contributed by atoms with Crippen LogP contribution in [0, 0.1) is 19.8 Å². The molecule has 0 atom stereocenters. The van der Waals surface area contributed by atoms with Crippen LogP contribution in [-0.2, 0) is 11.2 Å². The minimum Gasteiger partial charge on any atom is -0.352 e. The van der Waals surface area contributed by atoms with Crippen LogP contribution in [0.25, 0.3) is 10.9 Å². The standard InChI is InChI=1S/C13H15NO.C9H11NO.C8H18/c1-4-10-12-8(2)6-5-7-11(12)14-13(10)9(3)15;1-7-5-3-4-6-9(7)10-8(2)11;1-4-6-8(3)7-5-2/h5-7,14H,4H2,1-3H3;3-6H,1-2H3,(H,10,11);8H,4-7H2,1-3H3. The van der Waals surface area contributed by atoms with Gasteiger partial charge in [-0.1, -0.05) is 83.7 Å². The number of aromatic amines is 1. The molecule has 3 aromatic rings. The van der Waals surface area contributed by atoms with Crippen LogP contribution >= 0.6 is 0 Å². The third-order valence-electron chi connectivity index (χ3n) is 5.86. The van der Waals surface area contributed by atoms with Gasteiger partial charge in [-0.25, -0.2) is 0 Å². The molecule has 186 valence electrons. The number of Topliss-reactive ketones (excluding diaryl/α,β-unsaturated/α-hetero) is 1. The second kappa shape index (κ2) is 15.1. The first-order chi connectivity index (χ1) is 16.2. The highest BCUT2D eigenvalue weighted by Gasteiger charge is 2.14. The summed E-state index contributed by atoms with van der Waals surface area (Å²) in [5, 5.41) is 3.95. The van der Waals surface area contributed by atoms with E-state index in [1.165, 1.54) is 43.6 Å². The van der Waals surface area contributed by atoms with E-state index in [-0.39, 0.29) is 11.7 Å². The van der Waals surface area contributed by atoms with Gasteiger partial charge in [0.2, 0.25) is 5.91 Å². The van der Waals surface area contributed by atoms with E-state index in [4.69, 9.17) is 0 Å². The summed E-state index contributed by atoms with van der Waals surface area (Å²) in [7, 11) is 0. The first-order valence-corrected chi connectivity index (χ1v) is 12.6. The van der Waals surface area contributed by atoms with Gasteiger partial charge in [-0.05, 0) is 55.0 Å². The Kier molecular flexibility index (Phi) is 13.0. The number of carbonyl (C=O) groups excluding carboxylic acids is 2. The Balaban J connectivity index is 0.000000270. The smallest absolute Gasteiger partial charge is 0.221 e. The van der Waals surface area contributed by atoms with Gasteiger partial charge >= 0.3 is 0 Å². The highest BCUT2D eigenvalue weighted by molar-refractivity contribution is 6.01. The van der Waals surface area contributed by atoms with Crippen molar-refractivity contribution in [3.05, 3.63) is 64.8 Å². The molecule has 0 aliphatic heterocycles. The van der Waals surface area contributed by atoms with E-state index in [0.717, 1.165) is 40.4 Å². The Labute approximate surface area is 206 Å². The van der Waals surface area contributed by atoms with Crippen molar-refractivity contribution in [1.82, 2.24) is 4.98 Å². The molecule has 0 aliphatic rings. The van der Waals surface area contributed by atoms with Gasteiger partial charge in [0.05, 0.1) is 5.69 Å². The minimum atomic E-state index is -0.0284. The summed E-state index contributed by atoms with van der Waals surface area (Å²) in [5.74, 6) is 1.05. The van der Waals surface area contributed by atoms with Crippen LogP contribution in [0.15, 0.2) is 42.5 Å². The molecule has 0 bridgehead atoms. The molecular formula is C30H44N2O2. The van der Waals surface area contributed by atoms with E-state index in [2.05, 4.69) is 51.0 Å². The lowest BCUT2D eigenvalue weighted by atomic mass is 10.0. The largest absolute Gasteiger partial charge is 0.352 e. The lowest BCUT2D eigenvalue weighted by molar-refractivity contribution is -0.114. The number of ketones is 1. The molecular weight excluding hydrogens is 420 g/mol. The second-order valence-electron chi connectivity index (χ2n) is 9.06. The number of anilines is 1. The Hall–Kier alpha value is -2.88. The molecule has 3 rings (SSSR count). The zero-order valence-electron chi connectivity index (χ0n) is 22.5. The van der Waals surface area contributed by atoms with Crippen molar-refractivity contribution in [2.24, 2.45) is 5.92 Å². The van der Waals surface area contributed by atoms with Crippen LogP contribution in [-0.4, -0.2) is 16.7 Å². The topological polar surface area (TPSA) is 62.0 Å². The molecule has 1 aromatic heterocycles. The number of amides is 1. The van der Waals surface area contributed by atoms with Crippen LogP contribution in [0.4, 0.5) is 5.69 Å². The molecule has 4 nitrogen and oxygen atoms in total. The maximum Gasteiger partial charge on any atom is 0.221 e. The van der Waals surface area contributed by atoms with Crippen molar-refractivity contribution < 1.29 is 9.59 Å². The summed E-state index contributed by atoms with van der Waals surface area (Å²) in [6.45, 7) is 16.1. The Bertz CT molecular complexity index is 1040. The van der Waals surface area contributed by atoms with Gasteiger partial charge in [0, 0.05) is 30.4 Å². The summed E-state index contributed by atoms with van der Waals surface area (Å²) in [4.78, 5) is 25.3.